The van der Waals surface area contributed by atoms with E-state index in [1.54, 1.807) is 0 Å². The summed E-state index contributed by atoms with van der Waals surface area (Å²) in [5, 5.41) is 36.4. The molecule has 0 aliphatic carbocycles. The molecule has 15 heavy (non-hydrogen) atoms. The van der Waals surface area contributed by atoms with Gasteiger partial charge in [-0.25, -0.2) is 0 Å². The van der Waals surface area contributed by atoms with Crippen LogP contribution >= 0.6 is 0 Å². The summed E-state index contributed by atoms with van der Waals surface area (Å²) >= 11 is 0. The maximum atomic E-state index is 10.8. The number of hydrogen-bond acceptors (Lipinski definition) is 6. The Kier molecular flexibility index (Phi) is 2.41. The molecule has 0 atom stereocenters. The van der Waals surface area contributed by atoms with Gasteiger partial charge in [0.1, 0.15) is 4.90 Å². The molecule has 0 spiro atoms. The molecule has 1 aromatic carbocycles. The largest absolute Gasteiger partial charge is 0.504 e. The van der Waals surface area contributed by atoms with E-state index in [1.807, 2.05) is 0 Å². The van der Waals surface area contributed by atoms with Crippen molar-refractivity contribution >= 4 is 10.1 Å². The minimum absolute atomic E-state index is 0.467. The molecule has 0 radical (unpaired) electrons. The van der Waals surface area contributed by atoms with E-state index in [9.17, 15) is 8.42 Å². The first kappa shape index (κ1) is 11.4. The first-order valence-corrected chi connectivity index (χ1v) is 5.05. The van der Waals surface area contributed by atoms with Crippen LogP contribution in [0.4, 0.5) is 0 Å². The molecule has 0 fully saturated rings. The van der Waals surface area contributed by atoms with Crippen molar-refractivity contribution in [3.05, 3.63) is 5.56 Å². The molecule has 1 aromatic rings. The SMILES string of the molecule is Cc1c(O)c(O)c(O)c(O)c1S(=O)(=O)O. The van der Waals surface area contributed by atoms with E-state index in [2.05, 4.69) is 0 Å². The third-order valence-electron chi connectivity index (χ3n) is 1.84. The molecule has 8 heteroatoms. The lowest BCUT2D eigenvalue weighted by Crippen LogP contribution is -2.02. The van der Waals surface area contributed by atoms with Crippen LogP contribution in [0.5, 0.6) is 23.0 Å². The number of phenols is 4. The fourth-order valence-electron chi connectivity index (χ4n) is 1.11. The van der Waals surface area contributed by atoms with Crippen molar-refractivity contribution in [3.63, 3.8) is 0 Å². The highest BCUT2D eigenvalue weighted by Crippen LogP contribution is 2.48. The second-order valence-electron chi connectivity index (χ2n) is 2.82. The highest BCUT2D eigenvalue weighted by Gasteiger charge is 2.28. The summed E-state index contributed by atoms with van der Waals surface area (Å²) in [7, 11) is -4.81. The smallest absolute Gasteiger partial charge is 0.298 e. The van der Waals surface area contributed by atoms with Gasteiger partial charge >= 0.3 is 0 Å². The third-order valence-corrected chi connectivity index (χ3v) is 2.86. The third kappa shape index (κ3) is 1.64. The maximum Gasteiger partial charge on any atom is 0.298 e. The summed E-state index contributed by atoms with van der Waals surface area (Å²) in [4.78, 5) is -1.05. The van der Waals surface area contributed by atoms with E-state index in [4.69, 9.17) is 25.0 Å². The highest BCUT2D eigenvalue weighted by molar-refractivity contribution is 7.86. The predicted molar refractivity (Wildman–Crippen MR) is 47.7 cm³/mol. The molecular formula is C7H8O7S. The van der Waals surface area contributed by atoms with Crippen molar-refractivity contribution in [3.8, 4) is 23.0 Å². The Balaban J connectivity index is 3.84. The fraction of sp³-hybridized carbons (Fsp3) is 0.143. The minimum atomic E-state index is -4.81. The molecule has 0 heterocycles. The van der Waals surface area contributed by atoms with Crippen molar-refractivity contribution in [2.24, 2.45) is 0 Å². The van der Waals surface area contributed by atoms with Crippen molar-refractivity contribution < 1.29 is 33.4 Å². The van der Waals surface area contributed by atoms with E-state index >= 15 is 0 Å². The second-order valence-corrected chi connectivity index (χ2v) is 4.18. The zero-order valence-electron chi connectivity index (χ0n) is 7.46. The summed E-state index contributed by atoms with van der Waals surface area (Å²) in [5.74, 6) is -4.42. The van der Waals surface area contributed by atoms with E-state index < -0.39 is 43.6 Å². The summed E-state index contributed by atoms with van der Waals surface area (Å²) in [6.45, 7) is 1.04. The molecule has 0 saturated heterocycles. The van der Waals surface area contributed by atoms with Gasteiger partial charge in [-0.1, -0.05) is 0 Å². The number of aromatic hydroxyl groups is 4. The number of phenolic OH excluding ortho intramolecular Hbond substituents is 4. The maximum absolute atomic E-state index is 10.8. The lowest BCUT2D eigenvalue weighted by Gasteiger charge is -2.10. The van der Waals surface area contributed by atoms with Gasteiger partial charge in [-0.15, -0.1) is 0 Å². The molecule has 0 amide bonds. The van der Waals surface area contributed by atoms with Gasteiger partial charge in [0.2, 0.25) is 11.5 Å². The van der Waals surface area contributed by atoms with Gasteiger partial charge in [0.25, 0.3) is 10.1 Å². The first-order valence-electron chi connectivity index (χ1n) is 3.61. The lowest BCUT2D eigenvalue weighted by atomic mass is 10.2. The Hall–Kier alpha value is -1.67. The number of hydrogen-bond donors (Lipinski definition) is 5. The van der Waals surface area contributed by atoms with E-state index in [-0.39, 0.29) is 0 Å². The predicted octanol–water partition coefficient (Wildman–Crippen LogP) is 0.0641. The highest BCUT2D eigenvalue weighted by atomic mass is 32.2. The van der Waals surface area contributed by atoms with E-state index in [0.29, 0.717) is 0 Å². The Labute approximate surface area is 84.6 Å². The van der Waals surface area contributed by atoms with Crippen LogP contribution < -0.4 is 0 Å². The van der Waals surface area contributed by atoms with Gasteiger partial charge < -0.3 is 20.4 Å². The average Bonchev–Trinajstić information content (AvgIpc) is 2.09. The van der Waals surface area contributed by atoms with Crippen LogP contribution in [0.3, 0.4) is 0 Å². The average molecular weight is 236 g/mol. The van der Waals surface area contributed by atoms with Gasteiger partial charge in [0.15, 0.2) is 11.5 Å². The molecule has 1 rings (SSSR count). The van der Waals surface area contributed by atoms with Gasteiger partial charge in [-0.2, -0.15) is 8.42 Å². The lowest BCUT2D eigenvalue weighted by molar-refractivity contribution is 0.335. The Morgan fingerprint density at radius 3 is 1.67 bits per heavy atom. The molecule has 84 valence electrons. The molecule has 0 aromatic heterocycles. The van der Waals surface area contributed by atoms with Crippen molar-refractivity contribution in [1.82, 2.24) is 0 Å². The van der Waals surface area contributed by atoms with E-state index in [1.165, 1.54) is 0 Å². The summed E-state index contributed by atoms with van der Waals surface area (Å²) in [6.07, 6.45) is 0. The van der Waals surface area contributed by atoms with Crippen LogP contribution in [0.2, 0.25) is 0 Å². The van der Waals surface area contributed by atoms with Gasteiger partial charge in [-0.05, 0) is 6.92 Å². The molecule has 0 unspecified atom stereocenters. The van der Waals surface area contributed by atoms with Gasteiger partial charge in [0, 0.05) is 5.56 Å². The van der Waals surface area contributed by atoms with Crippen LogP contribution in [-0.2, 0) is 10.1 Å². The van der Waals surface area contributed by atoms with Crippen molar-refractivity contribution in [2.75, 3.05) is 0 Å². The van der Waals surface area contributed by atoms with Crippen LogP contribution in [-0.4, -0.2) is 33.4 Å². The fourth-order valence-corrected chi connectivity index (χ4v) is 1.93. The summed E-state index contributed by atoms with van der Waals surface area (Å²) in [6, 6.07) is 0. The van der Waals surface area contributed by atoms with Crippen LogP contribution in [0.1, 0.15) is 5.56 Å². The van der Waals surface area contributed by atoms with Crippen LogP contribution in [0.15, 0.2) is 4.90 Å². The monoisotopic (exact) mass is 236 g/mol. The molecule has 5 N–H and O–H groups in total. The number of benzene rings is 1. The first-order chi connectivity index (χ1) is 6.68. The van der Waals surface area contributed by atoms with Gasteiger partial charge in [-0.3, -0.25) is 4.55 Å². The molecule has 0 saturated carbocycles. The Morgan fingerprint density at radius 1 is 0.867 bits per heavy atom. The zero-order valence-corrected chi connectivity index (χ0v) is 8.28. The Bertz CT molecular complexity index is 488. The molecule has 7 nitrogen and oxygen atoms in total. The number of rotatable bonds is 1. The molecule has 0 aliphatic rings. The van der Waals surface area contributed by atoms with Crippen LogP contribution in [0, 0.1) is 6.92 Å². The quantitative estimate of drug-likeness (QED) is 0.264. The minimum Gasteiger partial charge on any atom is -0.504 e. The molecule has 0 aliphatic heterocycles. The molecular weight excluding hydrogens is 228 g/mol. The van der Waals surface area contributed by atoms with Crippen molar-refractivity contribution in [1.29, 1.82) is 0 Å². The topological polar surface area (TPSA) is 135 Å². The standard InChI is InChI=1S/C7H8O7S/c1-2-3(8)4(9)5(10)6(11)7(2)15(12,13)14/h8-11H,1H3,(H,12,13,14). The van der Waals surface area contributed by atoms with E-state index in [0.717, 1.165) is 6.92 Å². The zero-order chi connectivity index (χ0) is 12.0. The second kappa shape index (κ2) is 3.17. The van der Waals surface area contributed by atoms with Gasteiger partial charge in [0.05, 0.1) is 0 Å². The Morgan fingerprint density at radius 2 is 1.27 bits per heavy atom. The van der Waals surface area contributed by atoms with Crippen LogP contribution in [0.25, 0.3) is 0 Å². The summed E-state index contributed by atoms with van der Waals surface area (Å²) < 4.78 is 30.3. The van der Waals surface area contributed by atoms with Crippen molar-refractivity contribution in [2.45, 2.75) is 11.8 Å². The normalized spacial score (nSPS) is 11.6. The summed E-state index contributed by atoms with van der Waals surface area (Å²) in [5.41, 5.74) is -0.467. The molecule has 0 bridgehead atoms.